The van der Waals surface area contributed by atoms with Gasteiger partial charge in [0.25, 0.3) is 0 Å². The maximum absolute atomic E-state index is 12.6. The minimum absolute atomic E-state index is 0.104. The third kappa shape index (κ3) is 2.59. The summed E-state index contributed by atoms with van der Waals surface area (Å²) >= 11 is 0. The van der Waals surface area contributed by atoms with E-state index in [1.807, 2.05) is 25.1 Å². The fourth-order valence-corrected chi connectivity index (χ4v) is 1.77. The Morgan fingerprint density at radius 1 is 1.47 bits per heavy atom. The van der Waals surface area contributed by atoms with E-state index in [4.69, 9.17) is 6.42 Å². The zero-order valence-electron chi connectivity index (χ0n) is 9.39. The van der Waals surface area contributed by atoms with Crippen LogP contribution in [0.25, 0.3) is 0 Å². The van der Waals surface area contributed by atoms with E-state index in [1.54, 1.807) is 0 Å². The Hall–Kier alpha value is -1.29. The molecule has 0 aliphatic heterocycles. The Kier molecular flexibility index (Phi) is 4.37. The zero-order chi connectivity index (χ0) is 11.3. The molecule has 0 spiro atoms. The second kappa shape index (κ2) is 5.56. The van der Waals surface area contributed by atoms with E-state index in [1.165, 1.54) is 0 Å². The average molecular weight is 204 g/mol. The van der Waals surface area contributed by atoms with Crippen molar-refractivity contribution >= 4 is 0 Å². The molecule has 0 amide bonds. The van der Waals surface area contributed by atoms with Crippen molar-refractivity contribution in [3.8, 4) is 12.3 Å². The second-order valence-electron chi connectivity index (χ2n) is 3.83. The summed E-state index contributed by atoms with van der Waals surface area (Å²) in [5.74, 6) is 2.59. The highest BCUT2D eigenvalue weighted by atomic mass is 19.1. The molecule has 1 rings (SSSR count). The fourth-order valence-electron chi connectivity index (χ4n) is 1.77. The fraction of sp³-hybridized carbons (Fsp3) is 0.429. The van der Waals surface area contributed by atoms with Crippen LogP contribution in [0.15, 0.2) is 18.2 Å². The number of halogens is 1. The maximum atomic E-state index is 12.6. The summed E-state index contributed by atoms with van der Waals surface area (Å²) in [6.45, 7) is 3.63. The number of hydrogen-bond acceptors (Lipinski definition) is 0. The summed E-state index contributed by atoms with van der Waals surface area (Å²) in [6.07, 6.45) is 7.52. The number of benzene rings is 1. The Morgan fingerprint density at radius 2 is 2.20 bits per heavy atom. The minimum Gasteiger partial charge on any atom is -0.250 e. The molecular formula is C14H17F. The predicted molar refractivity (Wildman–Crippen MR) is 62.8 cm³/mol. The van der Waals surface area contributed by atoms with Crippen LogP contribution < -0.4 is 0 Å². The van der Waals surface area contributed by atoms with Crippen LogP contribution in [0.4, 0.5) is 4.39 Å². The Labute approximate surface area is 91.5 Å². The lowest BCUT2D eigenvalue weighted by Gasteiger charge is -2.13. The van der Waals surface area contributed by atoms with Crippen LogP contribution in [-0.4, -0.2) is 6.67 Å². The lowest BCUT2D eigenvalue weighted by atomic mass is 9.92. The number of alkyl halides is 1. The van der Waals surface area contributed by atoms with Gasteiger partial charge < -0.3 is 0 Å². The van der Waals surface area contributed by atoms with Crippen LogP contribution >= 0.6 is 0 Å². The van der Waals surface area contributed by atoms with Crippen LogP contribution in [0.3, 0.4) is 0 Å². The van der Waals surface area contributed by atoms with Gasteiger partial charge in [-0.05, 0) is 17.5 Å². The molecule has 1 aromatic carbocycles. The van der Waals surface area contributed by atoms with E-state index in [-0.39, 0.29) is 12.6 Å². The van der Waals surface area contributed by atoms with Gasteiger partial charge >= 0.3 is 0 Å². The maximum Gasteiger partial charge on any atom is 0.0960 e. The smallest absolute Gasteiger partial charge is 0.0960 e. The highest BCUT2D eigenvalue weighted by Gasteiger charge is 2.11. The summed E-state index contributed by atoms with van der Waals surface area (Å²) in [4.78, 5) is 0. The molecule has 0 bridgehead atoms. The van der Waals surface area contributed by atoms with E-state index in [0.29, 0.717) is 0 Å². The molecule has 0 saturated carbocycles. The number of rotatable bonds is 4. The molecule has 0 heterocycles. The van der Waals surface area contributed by atoms with Crippen molar-refractivity contribution in [3.05, 3.63) is 34.9 Å². The van der Waals surface area contributed by atoms with Crippen molar-refractivity contribution in [1.82, 2.24) is 0 Å². The molecule has 80 valence electrons. The summed E-state index contributed by atoms with van der Waals surface area (Å²) in [7, 11) is 0. The van der Waals surface area contributed by atoms with Crippen LogP contribution in [0.2, 0.25) is 0 Å². The van der Waals surface area contributed by atoms with Gasteiger partial charge in [-0.3, -0.25) is 4.39 Å². The van der Waals surface area contributed by atoms with E-state index in [0.717, 1.165) is 29.5 Å². The first-order chi connectivity index (χ1) is 7.24. The van der Waals surface area contributed by atoms with Gasteiger partial charge in [-0.25, -0.2) is 0 Å². The third-order valence-electron chi connectivity index (χ3n) is 2.61. The minimum atomic E-state index is -0.357. The summed E-state index contributed by atoms with van der Waals surface area (Å²) < 4.78 is 12.6. The quantitative estimate of drug-likeness (QED) is 0.656. The molecule has 0 aromatic heterocycles. The van der Waals surface area contributed by atoms with Gasteiger partial charge in [0.15, 0.2) is 0 Å². The molecule has 1 heteroatoms. The first-order valence-corrected chi connectivity index (χ1v) is 5.38. The number of aryl methyl sites for hydroxylation is 1. The van der Waals surface area contributed by atoms with Gasteiger partial charge in [-0.15, -0.1) is 6.42 Å². The van der Waals surface area contributed by atoms with Gasteiger partial charge in [0, 0.05) is 11.5 Å². The highest BCUT2D eigenvalue weighted by molar-refractivity contribution is 5.47. The van der Waals surface area contributed by atoms with E-state index < -0.39 is 0 Å². The van der Waals surface area contributed by atoms with E-state index in [2.05, 4.69) is 12.8 Å². The molecule has 0 N–H and O–H groups in total. The number of terminal acetylenes is 1. The normalized spacial score (nSPS) is 12.1. The van der Waals surface area contributed by atoms with Gasteiger partial charge in [0.05, 0.1) is 6.67 Å². The van der Waals surface area contributed by atoms with Crippen molar-refractivity contribution in [2.24, 2.45) is 0 Å². The topological polar surface area (TPSA) is 0 Å². The Balaban J connectivity index is 3.17. The predicted octanol–water partition coefficient (Wildman–Crippen LogP) is 3.69. The molecule has 0 fully saturated rings. The first-order valence-electron chi connectivity index (χ1n) is 5.38. The van der Waals surface area contributed by atoms with Gasteiger partial charge in [0.2, 0.25) is 0 Å². The largest absolute Gasteiger partial charge is 0.250 e. The molecule has 1 aromatic rings. The van der Waals surface area contributed by atoms with Crippen LogP contribution in [0.5, 0.6) is 0 Å². The van der Waals surface area contributed by atoms with Crippen LogP contribution in [0, 0.1) is 12.3 Å². The average Bonchev–Trinajstić information content (AvgIpc) is 2.28. The van der Waals surface area contributed by atoms with Crippen molar-refractivity contribution in [1.29, 1.82) is 0 Å². The van der Waals surface area contributed by atoms with E-state index in [9.17, 15) is 4.39 Å². The van der Waals surface area contributed by atoms with Crippen molar-refractivity contribution in [2.75, 3.05) is 6.67 Å². The Morgan fingerprint density at radius 3 is 2.73 bits per heavy atom. The molecule has 0 saturated heterocycles. The van der Waals surface area contributed by atoms with Gasteiger partial charge in [-0.2, -0.15) is 0 Å². The second-order valence-corrected chi connectivity index (χ2v) is 3.83. The summed E-state index contributed by atoms with van der Waals surface area (Å²) in [5.41, 5.74) is 3.02. The molecule has 15 heavy (non-hydrogen) atoms. The highest BCUT2D eigenvalue weighted by Crippen LogP contribution is 2.23. The molecule has 0 aliphatic rings. The van der Waals surface area contributed by atoms with Gasteiger partial charge in [-0.1, -0.05) is 44.4 Å². The first kappa shape index (κ1) is 11.8. The van der Waals surface area contributed by atoms with Crippen molar-refractivity contribution in [3.63, 3.8) is 0 Å². The molecule has 1 unspecified atom stereocenters. The lowest BCUT2D eigenvalue weighted by molar-refractivity contribution is 0.446. The van der Waals surface area contributed by atoms with Crippen molar-refractivity contribution < 1.29 is 4.39 Å². The molecule has 1 atom stereocenters. The standard InChI is InChI=1S/C14H17F/c1-4-7-12-8-6-9-14(11(3)10-15)13(12)5-2/h2,6,8-9,11H,4,7,10H2,1,3H3. The zero-order valence-corrected chi connectivity index (χ0v) is 9.39. The van der Waals surface area contributed by atoms with Gasteiger partial charge in [0.1, 0.15) is 0 Å². The van der Waals surface area contributed by atoms with E-state index >= 15 is 0 Å². The van der Waals surface area contributed by atoms with Crippen LogP contribution in [0.1, 0.15) is 42.9 Å². The SMILES string of the molecule is C#Cc1c(CCC)cccc1C(C)CF. The lowest BCUT2D eigenvalue weighted by Crippen LogP contribution is -2.02. The van der Waals surface area contributed by atoms with Crippen molar-refractivity contribution in [2.45, 2.75) is 32.6 Å². The Bertz CT molecular complexity index is 360. The monoisotopic (exact) mass is 204 g/mol. The molecule has 0 radical (unpaired) electrons. The molecule has 0 aliphatic carbocycles. The third-order valence-corrected chi connectivity index (χ3v) is 2.61. The summed E-state index contributed by atoms with van der Waals surface area (Å²) in [6, 6.07) is 5.93. The number of hydrogen-bond donors (Lipinski definition) is 0. The summed E-state index contributed by atoms with van der Waals surface area (Å²) in [5, 5.41) is 0. The molecular weight excluding hydrogens is 187 g/mol. The van der Waals surface area contributed by atoms with Crippen LogP contribution in [-0.2, 0) is 6.42 Å². The molecule has 0 nitrogen and oxygen atoms in total.